The summed E-state index contributed by atoms with van der Waals surface area (Å²) in [6.45, 7) is 1.20. The second kappa shape index (κ2) is 3.82. The first-order valence-electron chi connectivity index (χ1n) is 3.54. The van der Waals surface area contributed by atoms with Crippen LogP contribution in [0.2, 0.25) is 0 Å². The van der Waals surface area contributed by atoms with Crippen LogP contribution in [0.15, 0.2) is 0 Å². The fraction of sp³-hybridized carbons (Fsp3) is 0.833. The van der Waals surface area contributed by atoms with Crippen LogP contribution in [-0.4, -0.2) is 38.1 Å². The number of rotatable bonds is 2. The van der Waals surface area contributed by atoms with Gasteiger partial charge in [0.25, 0.3) is 0 Å². The molecule has 0 unspecified atom stereocenters. The van der Waals surface area contributed by atoms with Crippen LogP contribution in [0.1, 0.15) is 12.8 Å². The molecule has 0 amide bonds. The highest BCUT2D eigenvalue weighted by atomic mass is 32.2. The topological polar surface area (TPSA) is 54.5 Å². The molecule has 0 aromatic rings. The third-order valence-corrected chi connectivity index (χ3v) is 2.36. The average molecular weight is 177 g/mol. The minimum atomic E-state index is -2.32. The maximum Gasteiger partial charge on any atom is 0.153 e. The molecule has 1 aliphatic heterocycles. The molecule has 5 heteroatoms. The summed E-state index contributed by atoms with van der Waals surface area (Å²) in [7, 11) is -2.32. The number of likely N-dealkylation sites (tertiary alicyclic amines) is 1. The number of carbonyl (C=O) groups is 1. The fourth-order valence-electron chi connectivity index (χ4n) is 1.11. The summed E-state index contributed by atoms with van der Waals surface area (Å²) in [6, 6.07) is 0. The Kier molecular flexibility index (Phi) is 3.02. The van der Waals surface area contributed by atoms with Gasteiger partial charge in [-0.05, 0) is 0 Å². The third-order valence-electron chi connectivity index (χ3n) is 1.73. The number of thiol groups is 1. The smallest absolute Gasteiger partial charge is 0.153 e. The van der Waals surface area contributed by atoms with Crippen LogP contribution in [0.3, 0.4) is 0 Å². The molecule has 0 N–H and O–H groups in total. The van der Waals surface area contributed by atoms with Gasteiger partial charge in [0.2, 0.25) is 0 Å². The third kappa shape index (κ3) is 2.98. The van der Waals surface area contributed by atoms with Crippen molar-refractivity contribution in [2.45, 2.75) is 12.8 Å². The van der Waals surface area contributed by atoms with Gasteiger partial charge in [-0.15, -0.1) is 0 Å². The SMILES string of the molecule is O=C1CCN(C[SH](=O)=O)CC1. The van der Waals surface area contributed by atoms with Crippen molar-refractivity contribution in [1.29, 1.82) is 0 Å². The number of hydrogen-bond donors (Lipinski definition) is 1. The van der Waals surface area contributed by atoms with E-state index >= 15 is 0 Å². The van der Waals surface area contributed by atoms with Crippen LogP contribution in [-0.2, 0) is 15.5 Å². The molecule has 4 nitrogen and oxygen atoms in total. The molecule has 0 saturated carbocycles. The molecule has 1 fully saturated rings. The zero-order chi connectivity index (χ0) is 8.27. The lowest BCUT2D eigenvalue weighted by atomic mass is 10.1. The van der Waals surface area contributed by atoms with E-state index in [2.05, 4.69) is 0 Å². The molecule has 0 radical (unpaired) electrons. The summed E-state index contributed by atoms with van der Waals surface area (Å²) >= 11 is 0. The molecule has 0 atom stereocenters. The van der Waals surface area contributed by atoms with Gasteiger partial charge in [-0.2, -0.15) is 0 Å². The largest absolute Gasteiger partial charge is 0.300 e. The van der Waals surface area contributed by atoms with E-state index in [-0.39, 0.29) is 11.7 Å². The highest BCUT2D eigenvalue weighted by Gasteiger charge is 2.15. The zero-order valence-electron chi connectivity index (χ0n) is 6.15. The van der Waals surface area contributed by atoms with Crippen molar-refractivity contribution in [2.24, 2.45) is 0 Å². The Bertz CT molecular complexity index is 206. The molecule has 1 rings (SSSR count). The van der Waals surface area contributed by atoms with E-state index in [1.54, 1.807) is 4.90 Å². The highest BCUT2D eigenvalue weighted by Crippen LogP contribution is 2.04. The summed E-state index contributed by atoms with van der Waals surface area (Å²) in [6.07, 6.45) is 1.01. The summed E-state index contributed by atoms with van der Waals surface area (Å²) in [5, 5.41) is 0. The van der Waals surface area contributed by atoms with E-state index in [0.717, 1.165) is 0 Å². The standard InChI is InChI=1S/C6H11NO3S/c8-6-1-3-7(4-2-6)5-11(9)10/h11H,1-5H2. The van der Waals surface area contributed by atoms with E-state index in [1.165, 1.54) is 0 Å². The van der Waals surface area contributed by atoms with Crippen LogP contribution < -0.4 is 0 Å². The number of nitrogens with zero attached hydrogens (tertiary/aromatic N) is 1. The minimum absolute atomic E-state index is 0.0998. The fourth-order valence-corrected chi connectivity index (χ4v) is 1.72. The predicted molar refractivity (Wildman–Crippen MR) is 41.0 cm³/mol. The molecule has 0 aromatic heterocycles. The first-order chi connectivity index (χ1) is 5.18. The lowest BCUT2D eigenvalue weighted by molar-refractivity contribution is -0.121. The van der Waals surface area contributed by atoms with Gasteiger partial charge in [-0.25, -0.2) is 8.42 Å². The monoisotopic (exact) mass is 177 g/mol. The average Bonchev–Trinajstić information content (AvgIpc) is 1.93. The van der Waals surface area contributed by atoms with Crippen molar-refractivity contribution in [3.63, 3.8) is 0 Å². The molecule has 1 heterocycles. The van der Waals surface area contributed by atoms with Crippen LogP contribution in [0, 0.1) is 0 Å². The minimum Gasteiger partial charge on any atom is -0.300 e. The lowest BCUT2D eigenvalue weighted by Gasteiger charge is -2.22. The lowest BCUT2D eigenvalue weighted by Crippen LogP contribution is -2.34. The highest BCUT2D eigenvalue weighted by molar-refractivity contribution is 7.72. The van der Waals surface area contributed by atoms with Crippen LogP contribution in [0.5, 0.6) is 0 Å². The maximum absolute atomic E-state index is 10.7. The van der Waals surface area contributed by atoms with E-state index in [9.17, 15) is 13.2 Å². The molecular weight excluding hydrogens is 166 g/mol. The first-order valence-corrected chi connectivity index (χ1v) is 4.90. The van der Waals surface area contributed by atoms with Crippen molar-refractivity contribution < 1.29 is 13.2 Å². The number of piperidine rings is 1. The Morgan fingerprint density at radius 3 is 2.27 bits per heavy atom. The Balaban J connectivity index is 2.33. The molecule has 1 saturated heterocycles. The van der Waals surface area contributed by atoms with Gasteiger partial charge < -0.3 is 0 Å². The molecule has 11 heavy (non-hydrogen) atoms. The number of hydrogen-bond acceptors (Lipinski definition) is 4. The summed E-state index contributed by atoms with van der Waals surface area (Å²) in [5.74, 6) is 0.338. The zero-order valence-corrected chi connectivity index (χ0v) is 7.05. The Morgan fingerprint density at radius 2 is 1.82 bits per heavy atom. The number of carbonyl (C=O) groups excluding carboxylic acids is 1. The summed E-state index contributed by atoms with van der Waals surface area (Å²) in [4.78, 5) is 12.5. The second-order valence-corrected chi connectivity index (χ2v) is 3.58. The van der Waals surface area contributed by atoms with Crippen molar-refractivity contribution >= 4 is 16.5 Å². The Hall–Kier alpha value is -0.420. The van der Waals surface area contributed by atoms with Gasteiger partial charge in [0.1, 0.15) is 5.78 Å². The van der Waals surface area contributed by atoms with E-state index in [1.807, 2.05) is 0 Å². The van der Waals surface area contributed by atoms with Gasteiger partial charge in [0, 0.05) is 25.9 Å². The summed E-state index contributed by atoms with van der Waals surface area (Å²) < 4.78 is 20.5. The maximum atomic E-state index is 10.7. The van der Waals surface area contributed by atoms with Gasteiger partial charge in [-0.1, -0.05) is 0 Å². The summed E-state index contributed by atoms with van der Waals surface area (Å²) in [5.41, 5.74) is 0. The molecule has 0 aliphatic carbocycles. The van der Waals surface area contributed by atoms with E-state index < -0.39 is 10.7 Å². The molecule has 0 aromatic carbocycles. The molecule has 1 aliphatic rings. The predicted octanol–water partition coefficient (Wildman–Crippen LogP) is -0.780. The second-order valence-electron chi connectivity index (χ2n) is 2.63. The van der Waals surface area contributed by atoms with Gasteiger partial charge in [0.15, 0.2) is 10.7 Å². The van der Waals surface area contributed by atoms with Crippen LogP contribution in [0.25, 0.3) is 0 Å². The Labute approximate surface area is 67.1 Å². The van der Waals surface area contributed by atoms with Crippen molar-refractivity contribution in [3.8, 4) is 0 Å². The molecule has 64 valence electrons. The van der Waals surface area contributed by atoms with E-state index in [0.29, 0.717) is 25.9 Å². The first kappa shape index (κ1) is 8.67. The number of ketones is 1. The molecular formula is C6H11NO3S. The van der Waals surface area contributed by atoms with Crippen molar-refractivity contribution in [3.05, 3.63) is 0 Å². The van der Waals surface area contributed by atoms with Crippen molar-refractivity contribution in [1.82, 2.24) is 4.90 Å². The number of Topliss-reactive ketones (excluding diaryl/α,β-unsaturated/α-hetero) is 1. The Morgan fingerprint density at radius 1 is 1.27 bits per heavy atom. The van der Waals surface area contributed by atoms with Gasteiger partial charge in [0.05, 0.1) is 5.88 Å². The van der Waals surface area contributed by atoms with Gasteiger partial charge >= 0.3 is 0 Å². The van der Waals surface area contributed by atoms with Crippen molar-refractivity contribution in [2.75, 3.05) is 19.0 Å². The quantitative estimate of drug-likeness (QED) is 0.562. The van der Waals surface area contributed by atoms with Gasteiger partial charge in [-0.3, -0.25) is 9.69 Å². The molecule has 0 spiro atoms. The van der Waals surface area contributed by atoms with E-state index in [4.69, 9.17) is 0 Å². The van der Waals surface area contributed by atoms with Crippen LogP contribution >= 0.6 is 0 Å². The van der Waals surface area contributed by atoms with Crippen LogP contribution in [0.4, 0.5) is 0 Å². The normalized spacial score (nSPS) is 21.0. The molecule has 0 bridgehead atoms.